The zero-order valence-electron chi connectivity index (χ0n) is 15.4. The number of rotatable bonds is 8. The Balaban J connectivity index is 2.61. The molecule has 2 atom stereocenters. The standard InChI is InChI=1S/C17H32N4O2/c1-7-12(4)17(5,23)11-19-16(22)18-10-13-14(8-2)20-21(6)15(13)9-3/h12,23H,7-11H2,1-6H3,(H2,18,19,22). The second-order valence-electron chi connectivity index (χ2n) is 6.41. The smallest absolute Gasteiger partial charge is 0.315 e. The molecule has 0 aliphatic heterocycles. The minimum Gasteiger partial charge on any atom is -0.388 e. The highest BCUT2D eigenvalue weighted by molar-refractivity contribution is 5.74. The number of carbonyl (C=O) groups is 1. The van der Waals surface area contributed by atoms with Gasteiger partial charge in [-0.15, -0.1) is 0 Å². The minimum absolute atomic E-state index is 0.125. The van der Waals surface area contributed by atoms with Crippen LogP contribution in [0.1, 0.15) is 58.0 Å². The molecule has 1 heterocycles. The van der Waals surface area contributed by atoms with E-state index in [0.717, 1.165) is 36.2 Å². The van der Waals surface area contributed by atoms with Crippen molar-refractivity contribution in [3.05, 3.63) is 17.0 Å². The first-order valence-electron chi connectivity index (χ1n) is 8.54. The number of aromatic nitrogens is 2. The van der Waals surface area contributed by atoms with Crippen molar-refractivity contribution >= 4 is 6.03 Å². The lowest BCUT2D eigenvalue weighted by molar-refractivity contribution is 0.00790. The molecule has 0 aliphatic carbocycles. The topological polar surface area (TPSA) is 79.2 Å². The highest BCUT2D eigenvalue weighted by Crippen LogP contribution is 2.19. The SMILES string of the molecule is CCc1nn(C)c(CC)c1CNC(=O)NCC(C)(O)C(C)CC. The number of nitrogens with zero attached hydrogens (tertiary/aromatic N) is 2. The average Bonchev–Trinajstić information content (AvgIpc) is 2.84. The Labute approximate surface area is 139 Å². The average molecular weight is 324 g/mol. The molecule has 1 aromatic rings. The van der Waals surface area contributed by atoms with Crippen molar-refractivity contribution < 1.29 is 9.90 Å². The molecule has 0 aromatic carbocycles. The van der Waals surface area contributed by atoms with Gasteiger partial charge in [0.15, 0.2) is 0 Å². The summed E-state index contributed by atoms with van der Waals surface area (Å²) in [6, 6.07) is -0.262. The Hall–Kier alpha value is -1.56. The zero-order chi connectivity index (χ0) is 17.6. The fraction of sp³-hybridized carbons (Fsp3) is 0.765. The highest BCUT2D eigenvalue weighted by Gasteiger charge is 2.27. The van der Waals surface area contributed by atoms with E-state index in [1.807, 2.05) is 25.6 Å². The van der Waals surface area contributed by atoms with Crippen LogP contribution < -0.4 is 10.6 Å². The molecule has 132 valence electrons. The molecule has 23 heavy (non-hydrogen) atoms. The molecule has 0 aliphatic rings. The summed E-state index contributed by atoms with van der Waals surface area (Å²) in [5, 5.41) is 20.5. The largest absolute Gasteiger partial charge is 0.388 e. The molecule has 0 fully saturated rings. The lowest BCUT2D eigenvalue weighted by atomic mass is 9.89. The first-order valence-corrected chi connectivity index (χ1v) is 8.54. The first kappa shape index (κ1) is 19.5. The van der Waals surface area contributed by atoms with E-state index in [4.69, 9.17) is 0 Å². The Morgan fingerprint density at radius 2 is 1.96 bits per heavy atom. The number of aryl methyl sites for hydroxylation is 2. The molecule has 2 amide bonds. The summed E-state index contributed by atoms with van der Waals surface area (Å²) in [5.41, 5.74) is 2.37. The molecule has 1 rings (SSSR count). The molecule has 0 saturated heterocycles. The summed E-state index contributed by atoms with van der Waals surface area (Å²) in [7, 11) is 1.94. The lowest BCUT2D eigenvalue weighted by Crippen LogP contribution is -2.47. The lowest BCUT2D eigenvalue weighted by Gasteiger charge is -2.29. The van der Waals surface area contributed by atoms with Gasteiger partial charge in [0.1, 0.15) is 0 Å². The summed E-state index contributed by atoms with van der Waals surface area (Å²) >= 11 is 0. The van der Waals surface area contributed by atoms with Gasteiger partial charge in [0.05, 0.1) is 11.3 Å². The van der Waals surface area contributed by atoms with Crippen LogP contribution in [-0.4, -0.2) is 33.1 Å². The van der Waals surface area contributed by atoms with Gasteiger partial charge < -0.3 is 15.7 Å². The van der Waals surface area contributed by atoms with Gasteiger partial charge >= 0.3 is 6.03 Å². The van der Waals surface area contributed by atoms with Gasteiger partial charge in [-0.3, -0.25) is 4.68 Å². The monoisotopic (exact) mass is 324 g/mol. The molecule has 3 N–H and O–H groups in total. The number of hydrogen-bond acceptors (Lipinski definition) is 3. The van der Waals surface area contributed by atoms with E-state index in [1.165, 1.54) is 0 Å². The number of hydrogen-bond donors (Lipinski definition) is 3. The van der Waals surface area contributed by atoms with Crippen LogP contribution in [0.4, 0.5) is 4.79 Å². The number of urea groups is 1. The zero-order valence-corrected chi connectivity index (χ0v) is 15.4. The highest BCUT2D eigenvalue weighted by atomic mass is 16.3. The van der Waals surface area contributed by atoms with Crippen molar-refractivity contribution in [2.24, 2.45) is 13.0 Å². The molecule has 2 unspecified atom stereocenters. The molecule has 0 saturated carbocycles. The van der Waals surface area contributed by atoms with Crippen LogP contribution in [0.2, 0.25) is 0 Å². The maximum atomic E-state index is 12.0. The predicted octanol–water partition coefficient (Wildman–Crippen LogP) is 2.14. The number of amides is 2. The summed E-state index contributed by atoms with van der Waals surface area (Å²) < 4.78 is 1.89. The quantitative estimate of drug-likeness (QED) is 0.685. The Morgan fingerprint density at radius 3 is 2.48 bits per heavy atom. The predicted molar refractivity (Wildman–Crippen MR) is 92.3 cm³/mol. The van der Waals surface area contributed by atoms with Gasteiger partial charge in [0.2, 0.25) is 0 Å². The fourth-order valence-corrected chi connectivity index (χ4v) is 2.70. The van der Waals surface area contributed by atoms with Crippen molar-refractivity contribution in [3.8, 4) is 0 Å². The summed E-state index contributed by atoms with van der Waals surface area (Å²) in [6.45, 7) is 10.6. The second-order valence-corrected chi connectivity index (χ2v) is 6.41. The van der Waals surface area contributed by atoms with E-state index in [-0.39, 0.29) is 18.5 Å². The van der Waals surface area contributed by atoms with Crippen LogP contribution in [0.15, 0.2) is 0 Å². The van der Waals surface area contributed by atoms with Crippen LogP contribution in [0.5, 0.6) is 0 Å². The van der Waals surface area contributed by atoms with Gasteiger partial charge in [-0.2, -0.15) is 5.10 Å². The molecule has 0 spiro atoms. The number of aliphatic hydroxyl groups is 1. The van der Waals surface area contributed by atoms with Crippen molar-refractivity contribution in [2.45, 2.75) is 66.0 Å². The Bertz CT molecular complexity index is 523. The third kappa shape index (κ3) is 4.96. The van der Waals surface area contributed by atoms with E-state index in [0.29, 0.717) is 6.54 Å². The molecular weight excluding hydrogens is 292 g/mol. The van der Waals surface area contributed by atoms with E-state index < -0.39 is 5.60 Å². The van der Waals surface area contributed by atoms with Crippen molar-refractivity contribution in [1.82, 2.24) is 20.4 Å². The first-order chi connectivity index (χ1) is 10.8. The molecule has 6 heteroatoms. The number of carbonyl (C=O) groups excluding carboxylic acids is 1. The molecule has 0 radical (unpaired) electrons. The van der Waals surface area contributed by atoms with Gasteiger partial charge in [-0.25, -0.2) is 4.79 Å². The van der Waals surface area contributed by atoms with Gasteiger partial charge in [-0.05, 0) is 25.7 Å². The van der Waals surface area contributed by atoms with E-state index in [9.17, 15) is 9.90 Å². The maximum Gasteiger partial charge on any atom is 0.315 e. The minimum atomic E-state index is -0.899. The van der Waals surface area contributed by atoms with Crippen molar-refractivity contribution in [2.75, 3.05) is 6.54 Å². The summed E-state index contributed by atoms with van der Waals surface area (Å²) in [5.74, 6) is 0.125. The number of nitrogens with one attached hydrogen (secondary N) is 2. The van der Waals surface area contributed by atoms with E-state index in [1.54, 1.807) is 6.92 Å². The van der Waals surface area contributed by atoms with Crippen molar-refractivity contribution in [1.29, 1.82) is 0 Å². The van der Waals surface area contributed by atoms with E-state index >= 15 is 0 Å². The Morgan fingerprint density at radius 1 is 1.30 bits per heavy atom. The van der Waals surface area contributed by atoms with Crippen molar-refractivity contribution in [3.63, 3.8) is 0 Å². The summed E-state index contributed by atoms with van der Waals surface area (Å²) in [6.07, 6.45) is 2.59. The van der Waals surface area contributed by atoms with Crippen LogP contribution in [0.25, 0.3) is 0 Å². The van der Waals surface area contributed by atoms with Crippen LogP contribution in [0.3, 0.4) is 0 Å². The van der Waals surface area contributed by atoms with Gasteiger partial charge in [0, 0.05) is 31.4 Å². The molecule has 6 nitrogen and oxygen atoms in total. The van der Waals surface area contributed by atoms with E-state index in [2.05, 4.69) is 29.6 Å². The molecular formula is C17H32N4O2. The normalized spacial score (nSPS) is 15.1. The second kappa shape index (κ2) is 8.34. The molecule has 1 aromatic heterocycles. The van der Waals surface area contributed by atoms with Crippen LogP contribution in [0, 0.1) is 5.92 Å². The fourth-order valence-electron chi connectivity index (χ4n) is 2.70. The maximum absolute atomic E-state index is 12.0. The van der Waals surface area contributed by atoms with Crippen LogP contribution >= 0.6 is 0 Å². The third-order valence-electron chi connectivity index (χ3n) is 4.73. The van der Waals surface area contributed by atoms with Gasteiger partial charge in [-0.1, -0.05) is 34.1 Å². The third-order valence-corrected chi connectivity index (χ3v) is 4.73. The van der Waals surface area contributed by atoms with Gasteiger partial charge in [0.25, 0.3) is 0 Å². The summed E-state index contributed by atoms with van der Waals surface area (Å²) in [4.78, 5) is 12.0. The Kier molecular flexibility index (Phi) is 7.06. The van der Waals surface area contributed by atoms with Crippen LogP contribution in [-0.2, 0) is 26.4 Å². The molecule has 0 bridgehead atoms.